The van der Waals surface area contributed by atoms with Crippen molar-refractivity contribution in [3.05, 3.63) is 222 Å². The highest BCUT2D eigenvalue weighted by Gasteiger charge is 2.28. The maximum Gasteiger partial charge on any atom is 0.135 e. The normalized spacial score (nSPS) is 12.7. The number of fused-ring (bicyclic) bond motifs is 10. The number of hydrogen-bond acceptors (Lipinski definition) is 3. The Kier molecular flexibility index (Phi) is 11.4. The van der Waals surface area contributed by atoms with Crippen LogP contribution in [0.3, 0.4) is 0 Å². The average Bonchev–Trinajstić information content (AvgIpc) is 3.95. The lowest BCUT2D eigenvalue weighted by atomic mass is 9.86. The van der Waals surface area contributed by atoms with E-state index in [-0.39, 0.29) is 21.7 Å². The molecule has 10 aromatic carbocycles. The van der Waals surface area contributed by atoms with Crippen LogP contribution in [0.1, 0.15) is 105 Å². The van der Waals surface area contributed by atoms with Gasteiger partial charge >= 0.3 is 0 Å². The molecule has 0 bridgehead atoms. The molecule has 2 aromatic heterocycles. The second-order valence-electron chi connectivity index (χ2n) is 25.1. The Morgan fingerprint density at radius 3 is 0.974 bits per heavy atom. The van der Waals surface area contributed by atoms with Crippen molar-refractivity contribution in [2.45, 2.75) is 105 Å². The number of furan rings is 1. The maximum absolute atomic E-state index is 6.51. The van der Waals surface area contributed by atoms with E-state index < -0.39 is 0 Å². The van der Waals surface area contributed by atoms with Crippen LogP contribution >= 0.6 is 0 Å². The van der Waals surface area contributed by atoms with Crippen LogP contribution in [-0.4, -0.2) is 4.57 Å². The number of rotatable bonds is 7. The molecule has 0 saturated carbocycles. The summed E-state index contributed by atoms with van der Waals surface area (Å²) in [6.45, 7) is 27.4. The number of para-hydroxylation sites is 1. The van der Waals surface area contributed by atoms with Crippen LogP contribution in [0.5, 0.6) is 0 Å². The third-order valence-corrected chi connectivity index (χ3v) is 15.8. The first-order chi connectivity index (χ1) is 36.2. The molecular weight excluding hydrogens is 923 g/mol. The Morgan fingerprint density at radius 2 is 0.618 bits per heavy atom. The first-order valence-corrected chi connectivity index (χ1v) is 27.1. The standard InChI is InChI=1S/C72H69N3O/c1-69(2,3)46-25-33-50(34-26-46)73(51-35-27-47(28-36-51)70(4,5)6)61-44-63-67(58-22-15-13-19-55(58)61)68-59-23-16-14-20-56(59)62(45-64(68)75(63)54-41-42-66-60(43-54)57-21-17-18-24-65(57)76-66)74(52-37-29-48(30-38-52)71(7,8)9)53-39-31-49(32-40-53)72(10,11)12/h13-45H,1-12H3. The van der Waals surface area contributed by atoms with Crippen LogP contribution in [-0.2, 0) is 21.7 Å². The molecule has 76 heavy (non-hydrogen) atoms. The minimum atomic E-state index is 0.00857. The summed E-state index contributed by atoms with van der Waals surface area (Å²) in [4.78, 5) is 4.95. The largest absolute Gasteiger partial charge is 0.456 e. The summed E-state index contributed by atoms with van der Waals surface area (Å²) in [6, 6.07) is 75.1. The lowest BCUT2D eigenvalue weighted by Crippen LogP contribution is -2.14. The highest BCUT2D eigenvalue weighted by Crippen LogP contribution is 2.51. The lowest BCUT2D eigenvalue weighted by Gasteiger charge is -2.29. The quantitative estimate of drug-likeness (QED) is 0.159. The summed E-state index contributed by atoms with van der Waals surface area (Å²) in [6.07, 6.45) is 0. The summed E-state index contributed by atoms with van der Waals surface area (Å²) < 4.78 is 9.04. The van der Waals surface area contributed by atoms with Gasteiger partial charge in [-0.2, -0.15) is 0 Å². The molecule has 12 aromatic rings. The molecule has 378 valence electrons. The van der Waals surface area contributed by atoms with Crippen molar-refractivity contribution in [3.8, 4) is 5.69 Å². The molecule has 0 N–H and O–H groups in total. The number of benzene rings is 10. The fraction of sp³-hybridized carbons (Fsp3) is 0.222. The van der Waals surface area contributed by atoms with Gasteiger partial charge in [-0.05, 0) is 140 Å². The molecule has 0 aliphatic carbocycles. The highest BCUT2D eigenvalue weighted by molar-refractivity contribution is 6.32. The molecule has 0 atom stereocenters. The van der Waals surface area contributed by atoms with Gasteiger partial charge in [0, 0.05) is 60.8 Å². The predicted molar refractivity (Wildman–Crippen MR) is 327 cm³/mol. The minimum Gasteiger partial charge on any atom is -0.456 e. The van der Waals surface area contributed by atoms with Crippen LogP contribution in [0.2, 0.25) is 0 Å². The van der Waals surface area contributed by atoms with Crippen LogP contribution in [0.15, 0.2) is 205 Å². The van der Waals surface area contributed by atoms with E-state index in [1.54, 1.807) is 0 Å². The first kappa shape index (κ1) is 48.8. The molecule has 4 nitrogen and oxygen atoms in total. The SMILES string of the molecule is CC(C)(C)c1ccc(N(c2ccc(C(C)(C)C)cc2)c2cc3c(c4ccccc24)c2c4ccccc4c(N(c4ccc(C(C)(C)C)cc4)c4ccc(C(C)(C)C)cc4)cc2n3-c2ccc3oc4ccccc4c3c2)cc1. The van der Waals surface area contributed by atoms with E-state index in [1.807, 2.05) is 0 Å². The minimum absolute atomic E-state index is 0.00857. The Morgan fingerprint density at radius 1 is 0.303 bits per heavy atom. The Balaban J connectivity index is 1.22. The third-order valence-electron chi connectivity index (χ3n) is 15.8. The molecule has 0 saturated heterocycles. The molecule has 0 spiro atoms. The van der Waals surface area contributed by atoms with E-state index in [9.17, 15) is 0 Å². The van der Waals surface area contributed by atoms with Crippen molar-refractivity contribution in [3.63, 3.8) is 0 Å². The lowest BCUT2D eigenvalue weighted by molar-refractivity contribution is 0.590. The zero-order chi connectivity index (χ0) is 53.1. The zero-order valence-electron chi connectivity index (χ0n) is 46.3. The Hall–Kier alpha value is -8.08. The van der Waals surface area contributed by atoms with Gasteiger partial charge in [-0.25, -0.2) is 0 Å². The molecule has 12 rings (SSSR count). The second-order valence-corrected chi connectivity index (χ2v) is 25.1. The van der Waals surface area contributed by atoms with Gasteiger partial charge in [0.25, 0.3) is 0 Å². The van der Waals surface area contributed by atoms with Gasteiger partial charge in [0.2, 0.25) is 0 Å². The van der Waals surface area contributed by atoms with Crippen LogP contribution < -0.4 is 9.80 Å². The summed E-state index contributed by atoms with van der Waals surface area (Å²) in [5, 5.41) is 9.37. The van der Waals surface area contributed by atoms with Gasteiger partial charge in [-0.3, -0.25) is 0 Å². The monoisotopic (exact) mass is 992 g/mol. The van der Waals surface area contributed by atoms with Crippen molar-refractivity contribution in [2.24, 2.45) is 0 Å². The zero-order valence-corrected chi connectivity index (χ0v) is 46.3. The number of aromatic nitrogens is 1. The van der Waals surface area contributed by atoms with E-state index in [0.29, 0.717) is 0 Å². The van der Waals surface area contributed by atoms with E-state index in [4.69, 9.17) is 4.42 Å². The van der Waals surface area contributed by atoms with Crippen molar-refractivity contribution >= 4 is 99.4 Å². The summed E-state index contributed by atoms with van der Waals surface area (Å²) in [5.74, 6) is 0. The molecule has 0 aliphatic rings. The van der Waals surface area contributed by atoms with Gasteiger partial charge in [0.15, 0.2) is 0 Å². The van der Waals surface area contributed by atoms with Crippen molar-refractivity contribution in [1.82, 2.24) is 4.57 Å². The number of anilines is 6. The fourth-order valence-corrected chi connectivity index (χ4v) is 11.5. The average molecular weight is 992 g/mol. The first-order valence-electron chi connectivity index (χ1n) is 27.1. The third kappa shape index (κ3) is 8.39. The van der Waals surface area contributed by atoms with Crippen LogP contribution in [0.25, 0.3) is 71.0 Å². The van der Waals surface area contributed by atoms with Gasteiger partial charge in [-0.1, -0.05) is 198 Å². The van der Waals surface area contributed by atoms with Crippen molar-refractivity contribution in [1.29, 1.82) is 0 Å². The Bertz CT molecular complexity index is 3830. The van der Waals surface area contributed by atoms with E-state index in [2.05, 4.69) is 298 Å². The van der Waals surface area contributed by atoms with Gasteiger partial charge in [0.1, 0.15) is 11.2 Å². The van der Waals surface area contributed by atoms with E-state index in [1.165, 1.54) is 54.6 Å². The smallest absolute Gasteiger partial charge is 0.135 e. The van der Waals surface area contributed by atoms with Gasteiger partial charge in [-0.15, -0.1) is 0 Å². The fourth-order valence-electron chi connectivity index (χ4n) is 11.5. The van der Waals surface area contributed by atoms with E-state index in [0.717, 1.165) is 72.8 Å². The van der Waals surface area contributed by atoms with Gasteiger partial charge in [0.05, 0.1) is 22.4 Å². The summed E-state index contributed by atoms with van der Waals surface area (Å²) in [5.41, 5.74) is 16.9. The second kappa shape index (κ2) is 17.8. The topological polar surface area (TPSA) is 24.6 Å². The Labute approximate surface area is 448 Å². The summed E-state index contributed by atoms with van der Waals surface area (Å²) in [7, 11) is 0. The molecule has 0 unspecified atom stereocenters. The molecule has 0 amide bonds. The van der Waals surface area contributed by atoms with Crippen LogP contribution in [0.4, 0.5) is 34.1 Å². The number of hydrogen-bond donors (Lipinski definition) is 0. The molecule has 0 aliphatic heterocycles. The molecule has 0 fully saturated rings. The van der Waals surface area contributed by atoms with Crippen molar-refractivity contribution in [2.75, 3.05) is 9.80 Å². The molecular formula is C72H69N3O. The van der Waals surface area contributed by atoms with Gasteiger partial charge < -0.3 is 18.8 Å². The van der Waals surface area contributed by atoms with Crippen molar-refractivity contribution < 1.29 is 4.42 Å². The number of nitrogens with zero attached hydrogens (tertiary/aromatic N) is 3. The molecule has 4 heteroatoms. The predicted octanol–water partition coefficient (Wildman–Crippen LogP) is 21.1. The maximum atomic E-state index is 6.51. The molecule has 0 radical (unpaired) electrons. The van der Waals surface area contributed by atoms with E-state index >= 15 is 0 Å². The molecule has 2 heterocycles. The summed E-state index contributed by atoms with van der Waals surface area (Å²) >= 11 is 0. The van der Waals surface area contributed by atoms with Crippen LogP contribution in [0, 0.1) is 0 Å². The highest BCUT2D eigenvalue weighted by atomic mass is 16.3.